The summed E-state index contributed by atoms with van der Waals surface area (Å²) >= 11 is 0. The van der Waals surface area contributed by atoms with Gasteiger partial charge in [-0.25, -0.2) is 0 Å². The molecule has 2 aromatic rings. The Morgan fingerprint density at radius 2 is 1.70 bits per heavy atom. The van der Waals surface area contributed by atoms with E-state index in [9.17, 15) is 4.79 Å². The summed E-state index contributed by atoms with van der Waals surface area (Å²) in [7, 11) is 0. The molecule has 2 aromatic carbocycles. The summed E-state index contributed by atoms with van der Waals surface area (Å²) in [5.41, 5.74) is 11.4. The Hall–Kier alpha value is -2.13. The smallest absolute Gasteiger partial charge is 0.248 e. The zero-order valence-electron chi connectivity index (χ0n) is 11.8. The first-order valence-corrected chi connectivity index (χ1v) is 6.79. The molecule has 0 aliphatic carbocycles. The number of hydrogen-bond acceptors (Lipinski definition) is 2. The molecule has 102 valence electrons. The van der Waals surface area contributed by atoms with Gasteiger partial charge in [-0.1, -0.05) is 47.5 Å². The summed E-state index contributed by atoms with van der Waals surface area (Å²) in [4.78, 5) is 14.1. The fraction of sp³-hybridized carbons (Fsp3) is 0.235. The lowest BCUT2D eigenvalue weighted by molar-refractivity contribution is -0.119. The third kappa shape index (κ3) is 2.10. The zero-order chi connectivity index (χ0) is 14.3. The van der Waals surface area contributed by atoms with Gasteiger partial charge in [-0.3, -0.25) is 4.79 Å². The number of rotatable bonds is 2. The van der Waals surface area contributed by atoms with Crippen LogP contribution in [0.15, 0.2) is 42.5 Å². The van der Waals surface area contributed by atoms with Crippen LogP contribution in [-0.2, 0) is 11.3 Å². The number of benzene rings is 2. The van der Waals surface area contributed by atoms with Gasteiger partial charge in [0, 0.05) is 11.3 Å². The van der Waals surface area contributed by atoms with E-state index in [1.54, 1.807) is 4.90 Å². The molecule has 3 heteroatoms. The number of carbonyl (C=O) groups excluding carboxylic acids is 1. The lowest BCUT2D eigenvalue weighted by atomic mass is 10.1. The Morgan fingerprint density at radius 3 is 2.40 bits per heavy atom. The van der Waals surface area contributed by atoms with Crippen LogP contribution in [0.5, 0.6) is 0 Å². The first-order valence-electron chi connectivity index (χ1n) is 6.79. The molecule has 2 N–H and O–H groups in total. The molecule has 0 radical (unpaired) electrons. The summed E-state index contributed by atoms with van der Waals surface area (Å²) < 4.78 is 0. The predicted octanol–water partition coefficient (Wildman–Crippen LogP) is 2.85. The highest BCUT2D eigenvalue weighted by molar-refractivity contribution is 6.04. The van der Waals surface area contributed by atoms with Crippen LogP contribution in [-0.4, -0.2) is 5.91 Å². The highest BCUT2D eigenvalue weighted by Gasteiger charge is 2.34. The quantitative estimate of drug-likeness (QED) is 0.908. The predicted molar refractivity (Wildman–Crippen MR) is 80.5 cm³/mol. The van der Waals surface area contributed by atoms with Crippen molar-refractivity contribution in [3.63, 3.8) is 0 Å². The van der Waals surface area contributed by atoms with Crippen molar-refractivity contribution < 1.29 is 4.79 Å². The molecule has 0 saturated carbocycles. The van der Waals surface area contributed by atoms with Crippen molar-refractivity contribution in [1.29, 1.82) is 0 Å². The van der Waals surface area contributed by atoms with Crippen molar-refractivity contribution in [2.24, 2.45) is 5.73 Å². The molecule has 3 nitrogen and oxygen atoms in total. The standard InChI is InChI=1S/C17H18N2O/c1-11-3-6-13(7-4-11)10-19-15-8-5-12(2)9-14(15)16(18)17(19)20/h3-9,16H,10,18H2,1-2H3. The van der Waals surface area contributed by atoms with Gasteiger partial charge in [-0.2, -0.15) is 0 Å². The van der Waals surface area contributed by atoms with Crippen LogP contribution in [0, 0.1) is 13.8 Å². The summed E-state index contributed by atoms with van der Waals surface area (Å²) in [6.07, 6.45) is 0. The minimum Gasteiger partial charge on any atom is -0.316 e. The number of nitrogens with two attached hydrogens (primary N) is 1. The number of carbonyl (C=O) groups is 1. The second-order valence-electron chi connectivity index (χ2n) is 5.45. The first-order chi connectivity index (χ1) is 9.56. The fourth-order valence-corrected chi connectivity index (χ4v) is 2.63. The lowest BCUT2D eigenvalue weighted by Gasteiger charge is -2.18. The number of aryl methyl sites for hydroxylation is 2. The van der Waals surface area contributed by atoms with Gasteiger partial charge in [0.25, 0.3) is 0 Å². The number of amides is 1. The Bertz CT molecular complexity index is 661. The van der Waals surface area contributed by atoms with E-state index >= 15 is 0 Å². The first kappa shape index (κ1) is 12.9. The molecule has 1 unspecified atom stereocenters. The summed E-state index contributed by atoms with van der Waals surface area (Å²) in [6.45, 7) is 4.64. The summed E-state index contributed by atoms with van der Waals surface area (Å²) in [5, 5.41) is 0. The molecule has 3 rings (SSSR count). The van der Waals surface area contributed by atoms with Crippen molar-refractivity contribution in [1.82, 2.24) is 0 Å². The van der Waals surface area contributed by atoms with Crippen molar-refractivity contribution in [3.8, 4) is 0 Å². The third-order valence-electron chi connectivity index (χ3n) is 3.80. The van der Waals surface area contributed by atoms with E-state index in [0.717, 1.165) is 22.4 Å². The van der Waals surface area contributed by atoms with Crippen LogP contribution in [0.1, 0.15) is 28.3 Å². The van der Waals surface area contributed by atoms with E-state index in [1.807, 2.05) is 25.1 Å². The van der Waals surface area contributed by atoms with E-state index in [1.165, 1.54) is 5.56 Å². The van der Waals surface area contributed by atoms with Gasteiger partial charge in [0.05, 0.1) is 6.54 Å². The minimum absolute atomic E-state index is 0.0221. The molecule has 0 spiro atoms. The highest BCUT2D eigenvalue weighted by atomic mass is 16.2. The Kier molecular flexibility index (Phi) is 3.07. The maximum absolute atomic E-state index is 12.3. The SMILES string of the molecule is Cc1ccc(CN2C(=O)C(N)c3cc(C)ccc32)cc1. The average molecular weight is 266 g/mol. The van der Waals surface area contributed by atoms with Crippen molar-refractivity contribution in [3.05, 3.63) is 64.7 Å². The Morgan fingerprint density at radius 1 is 1.05 bits per heavy atom. The summed E-state index contributed by atoms with van der Waals surface area (Å²) in [5.74, 6) is -0.0221. The third-order valence-corrected chi connectivity index (χ3v) is 3.80. The van der Waals surface area contributed by atoms with Gasteiger partial charge in [0.15, 0.2) is 0 Å². The van der Waals surface area contributed by atoms with Gasteiger partial charge in [0.2, 0.25) is 5.91 Å². The molecule has 1 aliphatic rings. The van der Waals surface area contributed by atoms with E-state index in [0.29, 0.717) is 6.54 Å². The molecule has 0 fully saturated rings. The molecular weight excluding hydrogens is 248 g/mol. The van der Waals surface area contributed by atoms with Crippen molar-refractivity contribution >= 4 is 11.6 Å². The number of hydrogen-bond donors (Lipinski definition) is 1. The monoisotopic (exact) mass is 266 g/mol. The van der Waals surface area contributed by atoms with E-state index in [4.69, 9.17) is 5.73 Å². The topological polar surface area (TPSA) is 46.3 Å². The Labute approximate surface area is 119 Å². The van der Waals surface area contributed by atoms with E-state index in [-0.39, 0.29) is 5.91 Å². The maximum Gasteiger partial charge on any atom is 0.248 e. The van der Waals surface area contributed by atoms with Crippen LogP contribution in [0.3, 0.4) is 0 Å². The van der Waals surface area contributed by atoms with Crippen LogP contribution < -0.4 is 10.6 Å². The van der Waals surface area contributed by atoms with Crippen LogP contribution >= 0.6 is 0 Å². The van der Waals surface area contributed by atoms with Crippen molar-refractivity contribution in [2.75, 3.05) is 4.90 Å². The zero-order valence-corrected chi connectivity index (χ0v) is 11.8. The fourth-order valence-electron chi connectivity index (χ4n) is 2.63. The van der Waals surface area contributed by atoms with Gasteiger partial charge in [-0.05, 0) is 25.5 Å². The summed E-state index contributed by atoms with van der Waals surface area (Å²) in [6, 6.07) is 13.7. The number of fused-ring (bicyclic) bond motifs is 1. The minimum atomic E-state index is -0.532. The van der Waals surface area contributed by atoms with Gasteiger partial charge in [-0.15, -0.1) is 0 Å². The molecule has 1 atom stereocenters. The molecule has 0 aromatic heterocycles. The normalized spacial score (nSPS) is 17.4. The maximum atomic E-state index is 12.3. The Balaban J connectivity index is 1.95. The van der Waals surface area contributed by atoms with E-state index in [2.05, 4.69) is 31.2 Å². The van der Waals surface area contributed by atoms with Crippen LogP contribution in [0.25, 0.3) is 0 Å². The average Bonchev–Trinajstić information content (AvgIpc) is 2.66. The van der Waals surface area contributed by atoms with Crippen LogP contribution in [0.2, 0.25) is 0 Å². The highest BCUT2D eigenvalue weighted by Crippen LogP contribution is 2.36. The largest absolute Gasteiger partial charge is 0.316 e. The van der Waals surface area contributed by atoms with Gasteiger partial charge >= 0.3 is 0 Å². The molecule has 20 heavy (non-hydrogen) atoms. The molecule has 0 bridgehead atoms. The van der Waals surface area contributed by atoms with Gasteiger partial charge in [0.1, 0.15) is 6.04 Å². The number of anilines is 1. The van der Waals surface area contributed by atoms with E-state index < -0.39 is 6.04 Å². The number of nitrogens with zero attached hydrogens (tertiary/aromatic N) is 1. The second-order valence-corrected chi connectivity index (χ2v) is 5.45. The molecule has 1 amide bonds. The van der Waals surface area contributed by atoms with Crippen LogP contribution in [0.4, 0.5) is 5.69 Å². The van der Waals surface area contributed by atoms with Crippen molar-refractivity contribution in [2.45, 2.75) is 26.4 Å². The molecular formula is C17H18N2O. The molecule has 1 heterocycles. The van der Waals surface area contributed by atoms with Gasteiger partial charge < -0.3 is 10.6 Å². The lowest BCUT2D eigenvalue weighted by Crippen LogP contribution is -2.31. The second kappa shape index (κ2) is 4.76. The molecule has 0 saturated heterocycles. The molecule has 1 aliphatic heterocycles.